The van der Waals surface area contributed by atoms with E-state index < -0.39 is 17.9 Å². The number of halogens is 2. The molecule has 2 aliphatic heterocycles. The van der Waals surface area contributed by atoms with Crippen molar-refractivity contribution in [3.05, 3.63) is 69.2 Å². The molecule has 1 saturated carbocycles. The van der Waals surface area contributed by atoms with E-state index in [1.54, 1.807) is 47.4 Å². The predicted molar refractivity (Wildman–Crippen MR) is 139 cm³/mol. The Balaban J connectivity index is 1.65. The summed E-state index contributed by atoms with van der Waals surface area (Å²) in [5, 5.41) is 4.10. The Morgan fingerprint density at radius 3 is 2.42 bits per heavy atom. The van der Waals surface area contributed by atoms with Gasteiger partial charge in [0.1, 0.15) is 0 Å². The van der Waals surface area contributed by atoms with Gasteiger partial charge in [0.15, 0.2) is 0 Å². The van der Waals surface area contributed by atoms with Gasteiger partial charge in [0.05, 0.1) is 17.9 Å². The number of rotatable bonds is 4. The van der Waals surface area contributed by atoms with Crippen LogP contribution in [0.5, 0.6) is 0 Å². The predicted octanol–water partition coefficient (Wildman–Crippen LogP) is 3.75. The molecule has 0 radical (unpaired) electrons. The first-order valence-electron chi connectivity index (χ1n) is 12.5. The number of hydrogen-bond acceptors (Lipinski definition) is 4. The van der Waals surface area contributed by atoms with Gasteiger partial charge in [-0.1, -0.05) is 60.3 Å². The number of carbonyl (C=O) groups is 3. The molecule has 9 heteroatoms. The van der Waals surface area contributed by atoms with Crippen LogP contribution >= 0.6 is 23.2 Å². The van der Waals surface area contributed by atoms with Crippen LogP contribution in [0, 0.1) is 5.92 Å². The first kappa shape index (κ1) is 25.1. The van der Waals surface area contributed by atoms with E-state index >= 15 is 0 Å². The molecule has 2 aromatic carbocycles. The molecule has 0 spiro atoms. The molecular formula is C27H30Cl2N4O3. The van der Waals surface area contributed by atoms with Gasteiger partial charge in [0.25, 0.3) is 5.91 Å². The number of piperazine rings is 1. The van der Waals surface area contributed by atoms with Crippen LogP contribution in [0.1, 0.15) is 59.1 Å². The number of primary amides is 1. The summed E-state index contributed by atoms with van der Waals surface area (Å²) in [6, 6.07) is 11.1. The molecule has 0 aromatic heterocycles. The van der Waals surface area contributed by atoms with Crippen LogP contribution in [0.3, 0.4) is 0 Å². The molecule has 2 fully saturated rings. The van der Waals surface area contributed by atoms with Crippen molar-refractivity contribution < 1.29 is 14.4 Å². The fraction of sp³-hybridized carbons (Fsp3) is 0.444. The average Bonchev–Trinajstić information content (AvgIpc) is 2.89. The number of nitrogens with zero attached hydrogens (tertiary/aromatic N) is 2. The number of amides is 3. The Morgan fingerprint density at radius 2 is 1.69 bits per heavy atom. The van der Waals surface area contributed by atoms with E-state index in [0.717, 1.165) is 25.9 Å². The zero-order valence-electron chi connectivity index (χ0n) is 20.0. The molecule has 5 rings (SSSR count). The monoisotopic (exact) mass is 528 g/mol. The lowest BCUT2D eigenvalue weighted by atomic mass is 9.75. The average molecular weight is 529 g/mol. The van der Waals surface area contributed by atoms with Gasteiger partial charge >= 0.3 is 0 Å². The van der Waals surface area contributed by atoms with E-state index in [-0.39, 0.29) is 23.8 Å². The molecule has 190 valence electrons. The van der Waals surface area contributed by atoms with Crippen molar-refractivity contribution in [2.45, 2.75) is 43.7 Å². The van der Waals surface area contributed by atoms with E-state index in [4.69, 9.17) is 28.9 Å². The highest BCUT2D eigenvalue weighted by atomic mass is 35.5. The van der Waals surface area contributed by atoms with Crippen LogP contribution in [-0.4, -0.2) is 59.7 Å². The minimum atomic E-state index is -0.811. The molecule has 3 N–H and O–H groups in total. The summed E-state index contributed by atoms with van der Waals surface area (Å²) in [4.78, 5) is 44.6. The van der Waals surface area contributed by atoms with Gasteiger partial charge in [-0.3, -0.25) is 14.4 Å². The summed E-state index contributed by atoms with van der Waals surface area (Å²) < 4.78 is 0. The molecule has 7 nitrogen and oxygen atoms in total. The Kier molecular flexibility index (Phi) is 7.24. The number of fused-ring (bicyclic) bond motifs is 1. The highest BCUT2D eigenvalue weighted by Crippen LogP contribution is 2.48. The van der Waals surface area contributed by atoms with Gasteiger partial charge in [-0.15, -0.1) is 0 Å². The second-order valence-electron chi connectivity index (χ2n) is 9.82. The van der Waals surface area contributed by atoms with Gasteiger partial charge in [0, 0.05) is 47.8 Å². The smallest absolute Gasteiger partial charge is 0.254 e. The van der Waals surface area contributed by atoms with E-state index in [2.05, 4.69) is 5.32 Å². The van der Waals surface area contributed by atoms with Crippen LogP contribution in [0.15, 0.2) is 42.5 Å². The lowest BCUT2D eigenvalue weighted by molar-refractivity contribution is -0.140. The Morgan fingerprint density at radius 1 is 0.972 bits per heavy atom. The van der Waals surface area contributed by atoms with Gasteiger partial charge in [-0.25, -0.2) is 0 Å². The molecule has 3 aliphatic rings. The highest BCUT2D eigenvalue weighted by molar-refractivity contribution is 6.35. The van der Waals surface area contributed by atoms with Gasteiger partial charge in [-0.05, 0) is 42.2 Å². The van der Waals surface area contributed by atoms with Gasteiger partial charge in [-0.2, -0.15) is 0 Å². The third-order valence-corrected chi connectivity index (χ3v) is 8.36. The fourth-order valence-corrected chi connectivity index (χ4v) is 6.67. The summed E-state index contributed by atoms with van der Waals surface area (Å²) in [5.74, 6) is -1.84. The number of carbonyl (C=O) groups excluding carboxylic acids is 3. The molecule has 1 aliphatic carbocycles. The van der Waals surface area contributed by atoms with Gasteiger partial charge < -0.3 is 20.9 Å². The summed E-state index contributed by atoms with van der Waals surface area (Å²) in [6.45, 7) is 2.81. The zero-order valence-corrected chi connectivity index (χ0v) is 21.5. The van der Waals surface area contributed by atoms with Crippen LogP contribution in [0.25, 0.3) is 0 Å². The molecule has 4 atom stereocenters. The quantitative estimate of drug-likeness (QED) is 0.631. The lowest BCUT2D eigenvalue weighted by Gasteiger charge is -2.49. The number of benzene rings is 2. The van der Waals surface area contributed by atoms with Crippen molar-refractivity contribution in [3.8, 4) is 0 Å². The summed E-state index contributed by atoms with van der Waals surface area (Å²) in [6.07, 6.45) is 3.18. The number of nitrogens with one attached hydrogen (secondary N) is 1. The first-order chi connectivity index (χ1) is 17.4. The minimum absolute atomic E-state index is 0.0736. The lowest BCUT2D eigenvalue weighted by Crippen LogP contribution is -2.58. The van der Waals surface area contributed by atoms with E-state index in [9.17, 15) is 14.4 Å². The fourth-order valence-electron chi connectivity index (χ4n) is 6.15. The minimum Gasteiger partial charge on any atom is -0.369 e. The SMILES string of the molecule is NC(=O)C1c2ccccc2C(=O)N(C2CCCCC2C(=O)N2CCNCC2)C1c1ccc(Cl)cc1Cl. The molecule has 36 heavy (non-hydrogen) atoms. The Hall–Kier alpha value is -2.61. The molecule has 2 aromatic rings. The highest BCUT2D eigenvalue weighted by Gasteiger charge is 2.50. The van der Waals surface area contributed by atoms with Crippen LogP contribution in [-0.2, 0) is 9.59 Å². The van der Waals surface area contributed by atoms with Crippen LogP contribution in [0.4, 0.5) is 0 Å². The third-order valence-electron chi connectivity index (χ3n) is 7.80. The summed E-state index contributed by atoms with van der Waals surface area (Å²) in [7, 11) is 0. The second kappa shape index (κ2) is 10.4. The molecular weight excluding hydrogens is 499 g/mol. The van der Waals surface area contributed by atoms with Crippen LogP contribution < -0.4 is 11.1 Å². The number of hydrogen-bond donors (Lipinski definition) is 2. The van der Waals surface area contributed by atoms with Crippen molar-refractivity contribution in [2.24, 2.45) is 11.7 Å². The Labute approximate surface area is 220 Å². The largest absolute Gasteiger partial charge is 0.369 e. The topological polar surface area (TPSA) is 95.7 Å². The second-order valence-corrected chi connectivity index (χ2v) is 10.7. The van der Waals surface area contributed by atoms with Crippen molar-refractivity contribution in [2.75, 3.05) is 26.2 Å². The van der Waals surface area contributed by atoms with Crippen molar-refractivity contribution in [3.63, 3.8) is 0 Å². The molecule has 2 heterocycles. The molecule has 4 unspecified atom stereocenters. The van der Waals surface area contributed by atoms with Crippen LogP contribution in [0.2, 0.25) is 10.0 Å². The Bertz CT molecular complexity index is 1180. The summed E-state index contributed by atoms with van der Waals surface area (Å²) >= 11 is 12.9. The zero-order chi connectivity index (χ0) is 25.4. The maximum atomic E-state index is 14.2. The first-order valence-corrected chi connectivity index (χ1v) is 13.3. The van der Waals surface area contributed by atoms with Crippen molar-refractivity contribution in [1.29, 1.82) is 0 Å². The summed E-state index contributed by atoms with van der Waals surface area (Å²) in [5.41, 5.74) is 7.65. The maximum Gasteiger partial charge on any atom is 0.254 e. The van der Waals surface area contributed by atoms with Gasteiger partial charge in [0.2, 0.25) is 11.8 Å². The van der Waals surface area contributed by atoms with E-state index in [1.165, 1.54) is 0 Å². The number of nitrogens with two attached hydrogens (primary N) is 1. The maximum absolute atomic E-state index is 14.2. The molecule has 0 bridgehead atoms. The molecule has 1 saturated heterocycles. The normalized spacial score (nSPS) is 26.4. The molecule has 3 amide bonds. The van der Waals surface area contributed by atoms with E-state index in [1.807, 2.05) is 4.90 Å². The standard InChI is InChI=1S/C27H30Cl2N4O3/c28-16-9-10-19(21(29)15-16)24-23(25(30)34)17-5-1-2-6-18(17)27(36)33(24)22-8-4-3-7-20(22)26(35)32-13-11-31-12-14-32/h1-2,5-6,9-10,15,20,22-24,31H,3-4,7-8,11-14H2,(H2,30,34). The van der Waals surface area contributed by atoms with Crippen molar-refractivity contribution in [1.82, 2.24) is 15.1 Å². The van der Waals surface area contributed by atoms with Crippen molar-refractivity contribution >= 4 is 40.9 Å². The third kappa shape index (κ3) is 4.49. The van der Waals surface area contributed by atoms with E-state index in [0.29, 0.717) is 52.7 Å².